The second-order valence-corrected chi connectivity index (χ2v) is 7.19. The maximum Gasteiger partial charge on any atom is 0.312 e. The van der Waals surface area contributed by atoms with E-state index >= 15 is 0 Å². The molecule has 7 unspecified atom stereocenters. The zero-order valence-corrected chi connectivity index (χ0v) is 11.0. The number of hydrogen-bond acceptors (Lipinski definition) is 4. The Morgan fingerprint density at radius 3 is 3.11 bits per heavy atom. The van der Waals surface area contributed by atoms with Crippen LogP contribution in [0.15, 0.2) is 11.8 Å². The SMILES string of the molecule is CC12C(=O)OC3CC1CC14C3=COC(O)C1CCC24. The Balaban J connectivity index is 1.81. The third-order valence-electron chi connectivity index (χ3n) is 6.96. The Morgan fingerprint density at radius 2 is 2.26 bits per heavy atom. The maximum atomic E-state index is 12.5. The molecule has 1 spiro atoms. The summed E-state index contributed by atoms with van der Waals surface area (Å²) in [5.74, 6) is 0.897. The van der Waals surface area contributed by atoms with Crippen LogP contribution in [0.1, 0.15) is 32.6 Å². The third-order valence-corrected chi connectivity index (χ3v) is 6.96. The molecular formula is C15H18O4. The van der Waals surface area contributed by atoms with Gasteiger partial charge in [0.1, 0.15) is 6.10 Å². The van der Waals surface area contributed by atoms with E-state index in [1.54, 1.807) is 6.26 Å². The first kappa shape index (κ1) is 10.7. The van der Waals surface area contributed by atoms with Crippen LogP contribution in [0.4, 0.5) is 0 Å². The largest absolute Gasteiger partial charge is 0.472 e. The van der Waals surface area contributed by atoms with Crippen LogP contribution in [0.3, 0.4) is 0 Å². The molecule has 0 aromatic carbocycles. The van der Waals surface area contributed by atoms with Crippen LogP contribution in [0.5, 0.6) is 0 Å². The van der Waals surface area contributed by atoms with Gasteiger partial charge in [-0.3, -0.25) is 4.79 Å². The molecular weight excluding hydrogens is 244 g/mol. The molecule has 7 atom stereocenters. The zero-order valence-electron chi connectivity index (χ0n) is 11.0. The standard InChI is InChI=1S/C15H18O4/c1-14-7-4-10(19-13(14)17)9-6-18-12(16)8-2-3-11(14)15(8,9)5-7/h6-8,10-12,16H,2-5H2,1H3. The number of aliphatic hydroxyl groups excluding tert-OH is 1. The van der Waals surface area contributed by atoms with Gasteiger partial charge in [0.15, 0.2) is 6.29 Å². The molecule has 4 nitrogen and oxygen atoms in total. The van der Waals surface area contributed by atoms with Crippen molar-refractivity contribution in [1.29, 1.82) is 0 Å². The minimum atomic E-state index is -0.705. The van der Waals surface area contributed by atoms with Gasteiger partial charge >= 0.3 is 5.97 Å². The molecule has 4 fully saturated rings. The molecule has 4 heteroatoms. The van der Waals surface area contributed by atoms with E-state index < -0.39 is 6.29 Å². The van der Waals surface area contributed by atoms with Crippen LogP contribution in [-0.2, 0) is 14.3 Å². The summed E-state index contributed by atoms with van der Waals surface area (Å²) < 4.78 is 11.1. The average molecular weight is 262 g/mol. The van der Waals surface area contributed by atoms with Crippen LogP contribution in [0.25, 0.3) is 0 Å². The summed E-state index contributed by atoms with van der Waals surface area (Å²) in [7, 11) is 0. The highest BCUT2D eigenvalue weighted by molar-refractivity contribution is 5.81. The molecule has 0 amide bonds. The highest BCUT2D eigenvalue weighted by Gasteiger charge is 2.76. The second kappa shape index (κ2) is 2.85. The van der Waals surface area contributed by atoms with E-state index in [4.69, 9.17) is 9.47 Å². The first-order valence-electron chi connectivity index (χ1n) is 7.33. The number of fused-ring (bicyclic) bond motifs is 3. The van der Waals surface area contributed by atoms with Crippen LogP contribution in [0, 0.1) is 28.6 Å². The van der Waals surface area contributed by atoms with Gasteiger partial charge in [-0.2, -0.15) is 0 Å². The predicted molar refractivity (Wildman–Crippen MR) is 64.5 cm³/mol. The van der Waals surface area contributed by atoms with E-state index in [9.17, 15) is 9.90 Å². The Bertz CT molecular complexity index is 526. The van der Waals surface area contributed by atoms with Crippen molar-refractivity contribution < 1.29 is 19.4 Å². The van der Waals surface area contributed by atoms with Crippen LogP contribution >= 0.6 is 0 Å². The zero-order chi connectivity index (χ0) is 13.0. The van der Waals surface area contributed by atoms with Crippen molar-refractivity contribution in [3.8, 4) is 0 Å². The van der Waals surface area contributed by atoms with Crippen LogP contribution in [-0.4, -0.2) is 23.5 Å². The fraction of sp³-hybridized carbons (Fsp3) is 0.800. The van der Waals surface area contributed by atoms with Gasteiger partial charge in [-0.1, -0.05) is 0 Å². The fourth-order valence-corrected chi connectivity index (χ4v) is 6.20. The lowest BCUT2D eigenvalue weighted by atomic mass is 9.62. The highest BCUT2D eigenvalue weighted by Crippen LogP contribution is 2.76. The lowest BCUT2D eigenvalue weighted by Gasteiger charge is -2.47. The predicted octanol–water partition coefficient (Wildman–Crippen LogP) is 1.59. The number of esters is 1. The van der Waals surface area contributed by atoms with Gasteiger partial charge in [-0.25, -0.2) is 0 Å². The Hall–Kier alpha value is -1.03. The van der Waals surface area contributed by atoms with Crippen molar-refractivity contribution in [3.05, 3.63) is 11.8 Å². The van der Waals surface area contributed by atoms with Crippen molar-refractivity contribution in [2.45, 2.75) is 45.0 Å². The molecule has 2 aliphatic heterocycles. The minimum Gasteiger partial charge on any atom is -0.472 e. The minimum absolute atomic E-state index is 0.0129. The van der Waals surface area contributed by atoms with E-state index in [0.29, 0.717) is 11.8 Å². The monoisotopic (exact) mass is 262 g/mol. The molecule has 3 aliphatic carbocycles. The van der Waals surface area contributed by atoms with Gasteiger partial charge in [0.05, 0.1) is 11.7 Å². The maximum absolute atomic E-state index is 12.5. The molecule has 0 aromatic rings. The van der Waals surface area contributed by atoms with E-state index in [1.807, 2.05) is 0 Å². The molecule has 3 bridgehead atoms. The summed E-state index contributed by atoms with van der Waals surface area (Å²) >= 11 is 0. The Kier molecular flexibility index (Phi) is 1.61. The summed E-state index contributed by atoms with van der Waals surface area (Å²) in [6, 6.07) is 0. The highest BCUT2D eigenvalue weighted by atomic mass is 16.6. The van der Waals surface area contributed by atoms with Crippen molar-refractivity contribution in [2.24, 2.45) is 28.6 Å². The topological polar surface area (TPSA) is 55.8 Å². The molecule has 3 saturated carbocycles. The second-order valence-electron chi connectivity index (χ2n) is 7.19. The molecule has 5 aliphatic rings. The van der Waals surface area contributed by atoms with Crippen molar-refractivity contribution >= 4 is 5.97 Å². The molecule has 1 N–H and O–H groups in total. The van der Waals surface area contributed by atoms with Crippen molar-refractivity contribution in [1.82, 2.24) is 0 Å². The van der Waals surface area contributed by atoms with Gasteiger partial charge in [-0.15, -0.1) is 0 Å². The van der Waals surface area contributed by atoms with Gasteiger partial charge < -0.3 is 14.6 Å². The smallest absolute Gasteiger partial charge is 0.312 e. The Morgan fingerprint density at radius 1 is 1.42 bits per heavy atom. The molecule has 19 heavy (non-hydrogen) atoms. The van der Waals surface area contributed by atoms with Gasteiger partial charge in [0, 0.05) is 16.9 Å². The van der Waals surface area contributed by atoms with Gasteiger partial charge in [-0.05, 0) is 44.4 Å². The number of rotatable bonds is 0. The number of carbonyl (C=O) groups is 1. The average Bonchev–Trinajstić information content (AvgIpc) is 2.82. The summed E-state index contributed by atoms with van der Waals surface area (Å²) in [6.07, 6.45) is 4.86. The summed E-state index contributed by atoms with van der Waals surface area (Å²) in [5.41, 5.74) is 0.806. The van der Waals surface area contributed by atoms with E-state index in [0.717, 1.165) is 31.3 Å². The quantitative estimate of drug-likeness (QED) is 0.673. The van der Waals surface area contributed by atoms with E-state index in [1.165, 1.54) is 0 Å². The van der Waals surface area contributed by atoms with Crippen molar-refractivity contribution in [2.75, 3.05) is 0 Å². The normalized spacial score (nSPS) is 60.4. The number of hydrogen-bond donors (Lipinski definition) is 1. The first-order chi connectivity index (χ1) is 9.08. The lowest BCUT2D eigenvalue weighted by Crippen LogP contribution is -2.48. The van der Waals surface area contributed by atoms with E-state index in [2.05, 4.69) is 6.92 Å². The molecule has 5 rings (SSSR count). The summed E-state index contributed by atoms with van der Waals surface area (Å²) in [5, 5.41) is 10.2. The van der Waals surface area contributed by atoms with Gasteiger partial charge in [0.2, 0.25) is 0 Å². The number of carbonyl (C=O) groups excluding carboxylic acids is 1. The molecule has 2 heterocycles. The Labute approximate surface area is 111 Å². The summed E-state index contributed by atoms with van der Waals surface area (Å²) in [4.78, 5) is 12.5. The van der Waals surface area contributed by atoms with Crippen LogP contribution < -0.4 is 0 Å². The van der Waals surface area contributed by atoms with Gasteiger partial charge in [0.25, 0.3) is 0 Å². The van der Waals surface area contributed by atoms with Crippen molar-refractivity contribution in [3.63, 3.8) is 0 Å². The first-order valence-corrected chi connectivity index (χ1v) is 7.33. The molecule has 1 saturated heterocycles. The molecule has 102 valence electrons. The molecule has 0 aromatic heterocycles. The van der Waals surface area contributed by atoms with E-state index in [-0.39, 0.29) is 28.8 Å². The van der Waals surface area contributed by atoms with Crippen LogP contribution in [0.2, 0.25) is 0 Å². The summed E-state index contributed by atoms with van der Waals surface area (Å²) in [6.45, 7) is 2.10. The number of aliphatic hydroxyl groups is 1. The third kappa shape index (κ3) is 0.874. The molecule has 0 radical (unpaired) electrons. The number of ether oxygens (including phenoxy) is 2. The lowest BCUT2D eigenvalue weighted by molar-refractivity contribution is -0.175. The fourth-order valence-electron chi connectivity index (χ4n) is 6.20.